The number of fused-ring (bicyclic) bond motifs is 4. The number of benzene rings is 2. The first-order chi connectivity index (χ1) is 17.6. The van der Waals surface area contributed by atoms with E-state index in [1.165, 1.54) is 5.56 Å². The van der Waals surface area contributed by atoms with E-state index in [0.29, 0.717) is 6.54 Å². The van der Waals surface area contributed by atoms with Crippen LogP contribution in [0.4, 0.5) is 0 Å². The SMILES string of the molecule is COc1cc2c(c3c1OC(C)(C)C3)C(c1ccc(=O)n(Cc3ccc4ccccc4n3)c1)=NC(C)(C)C2. The molecule has 2 aromatic heterocycles. The highest BCUT2D eigenvalue weighted by Crippen LogP contribution is 2.47. The topological polar surface area (TPSA) is 65.7 Å². The van der Waals surface area contributed by atoms with Crippen LogP contribution in [0.2, 0.25) is 0 Å². The van der Waals surface area contributed by atoms with Crippen LogP contribution in [0.15, 0.2) is 70.6 Å². The highest BCUT2D eigenvalue weighted by Gasteiger charge is 2.39. The summed E-state index contributed by atoms with van der Waals surface area (Å²) in [5.41, 5.74) is 6.30. The smallest absolute Gasteiger partial charge is 0.250 e. The molecule has 0 radical (unpaired) electrons. The number of hydrogen-bond donors (Lipinski definition) is 0. The van der Waals surface area contributed by atoms with Crippen LogP contribution in [0.1, 0.15) is 55.6 Å². The number of rotatable bonds is 4. The Kier molecular flexibility index (Phi) is 5.26. The van der Waals surface area contributed by atoms with Crippen LogP contribution in [0.25, 0.3) is 10.9 Å². The lowest BCUT2D eigenvalue weighted by Gasteiger charge is -2.31. The van der Waals surface area contributed by atoms with Crippen molar-refractivity contribution in [3.8, 4) is 11.5 Å². The molecule has 6 heteroatoms. The van der Waals surface area contributed by atoms with Gasteiger partial charge in [-0.3, -0.25) is 14.8 Å². The third kappa shape index (κ3) is 4.20. The van der Waals surface area contributed by atoms with E-state index >= 15 is 0 Å². The summed E-state index contributed by atoms with van der Waals surface area (Å²) in [6, 6.07) is 17.7. The number of nitrogens with zero attached hydrogens (tertiary/aromatic N) is 3. The van der Waals surface area contributed by atoms with Gasteiger partial charge in [0, 0.05) is 40.8 Å². The van der Waals surface area contributed by atoms with Gasteiger partial charge < -0.3 is 14.0 Å². The number of pyridine rings is 2. The average molecular weight is 494 g/mol. The van der Waals surface area contributed by atoms with E-state index < -0.39 is 0 Å². The van der Waals surface area contributed by atoms with Crippen LogP contribution in [0.5, 0.6) is 11.5 Å². The molecule has 0 amide bonds. The first-order valence-electron chi connectivity index (χ1n) is 12.7. The van der Waals surface area contributed by atoms with Gasteiger partial charge in [0.15, 0.2) is 11.5 Å². The zero-order valence-electron chi connectivity index (χ0n) is 22.0. The second-order valence-corrected chi connectivity index (χ2v) is 11.3. The van der Waals surface area contributed by atoms with Gasteiger partial charge in [0.2, 0.25) is 0 Å². The summed E-state index contributed by atoms with van der Waals surface area (Å²) < 4.78 is 13.8. The average Bonchev–Trinajstić information content (AvgIpc) is 3.18. The van der Waals surface area contributed by atoms with E-state index in [1.54, 1.807) is 17.7 Å². The van der Waals surface area contributed by atoms with Gasteiger partial charge >= 0.3 is 0 Å². The molecule has 0 aliphatic carbocycles. The summed E-state index contributed by atoms with van der Waals surface area (Å²) in [5.74, 6) is 1.57. The molecule has 4 heterocycles. The molecule has 6 nitrogen and oxygen atoms in total. The molecule has 0 unspecified atom stereocenters. The van der Waals surface area contributed by atoms with Crippen LogP contribution >= 0.6 is 0 Å². The van der Waals surface area contributed by atoms with Crippen LogP contribution in [0, 0.1) is 0 Å². The third-order valence-electron chi connectivity index (χ3n) is 7.15. The minimum atomic E-state index is -0.330. The number of hydrogen-bond acceptors (Lipinski definition) is 5. The monoisotopic (exact) mass is 493 g/mol. The lowest BCUT2D eigenvalue weighted by atomic mass is 9.81. The standard InChI is InChI=1S/C31H31N3O3/c1-30(2)15-21-14-25(36-5)29-23(16-31(3,4)37-29)27(21)28(33-30)20-11-13-26(35)34(17-20)18-22-12-10-19-8-6-7-9-24(19)32-22/h6-14,17H,15-16,18H2,1-5H3. The maximum Gasteiger partial charge on any atom is 0.250 e. The molecule has 2 aromatic carbocycles. The Morgan fingerprint density at radius 2 is 1.84 bits per heavy atom. The minimum absolute atomic E-state index is 0.0703. The van der Waals surface area contributed by atoms with Gasteiger partial charge in [-0.05, 0) is 63.9 Å². The van der Waals surface area contributed by atoms with Gasteiger partial charge in [-0.1, -0.05) is 24.3 Å². The molecule has 0 N–H and O–H groups in total. The summed E-state index contributed by atoms with van der Waals surface area (Å²) in [4.78, 5) is 22.9. The van der Waals surface area contributed by atoms with Crippen LogP contribution in [0.3, 0.4) is 0 Å². The lowest BCUT2D eigenvalue weighted by molar-refractivity contribution is 0.134. The van der Waals surface area contributed by atoms with Gasteiger partial charge in [-0.15, -0.1) is 0 Å². The van der Waals surface area contributed by atoms with Crippen molar-refractivity contribution in [2.75, 3.05) is 7.11 Å². The Balaban J connectivity index is 1.47. The van der Waals surface area contributed by atoms with Crippen molar-refractivity contribution in [1.29, 1.82) is 0 Å². The second-order valence-electron chi connectivity index (χ2n) is 11.3. The van der Waals surface area contributed by atoms with Crippen molar-refractivity contribution in [3.05, 3.63) is 99.1 Å². The summed E-state index contributed by atoms with van der Waals surface area (Å²) in [5, 5.41) is 1.08. The van der Waals surface area contributed by atoms with Crippen LogP contribution < -0.4 is 15.0 Å². The Labute approximate surface area is 216 Å². The van der Waals surface area contributed by atoms with E-state index in [2.05, 4.69) is 39.8 Å². The van der Waals surface area contributed by atoms with Crippen molar-refractivity contribution in [2.45, 2.75) is 58.2 Å². The Morgan fingerprint density at radius 1 is 1.03 bits per heavy atom. The van der Waals surface area contributed by atoms with Crippen LogP contribution in [-0.4, -0.2) is 33.5 Å². The molecule has 4 aromatic rings. The maximum atomic E-state index is 12.9. The predicted molar refractivity (Wildman–Crippen MR) is 146 cm³/mol. The molecule has 0 saturated heterocycles. The third-order valence-corrected chi connectivity index (χ3v) is 7.15. The predicted octanol–water partition coefficient (Wildman–Crippen LogP) is 5.34. The number of ether oxygens (including phenoxy) is 2. The molecule has 0 atom stereocenters. The highest BCUT2D eigenvalue weighted by atomic mass is 16.5. The molecule has 188 valence electrons. The van der Waals surface area contributed by atoms with Crippen LogP contribution in [-0.2, 0) is 19.4 Å². The first-order valence-corrected chi connectivity index (χ1v) is 12.7. The fourth-order valence-corrected chi connectivity index (χ4v) is 5.60. The number of aliphatic imine (C=N–C) groups is 1. The van der Waals surface area contributed by atoms with E-state index in [4.69, 9.17) is 19.5 Å². The fourth-order valence-electron chi connectivity index (χ4n) is 5.60. The van der Waals surface area contributed by atoms with Gasteiger partial charge in [-0.25, -0.2) is 0 Å². The zero-order chi connectivity index (χ0) is 25.9. The van der Waals surface area contributed by atoms with Gasteiger partial charge in [-0.2, -0.15) is 0 Å². The first kappa shape index (κ1) is 23.5. The maximum absolute atomic E-state index is 12.9. The Bertz CT molecular complexity index is 1650. The molecule has 0 saturated carbocycles. The van der Waals surface area contributed by atoms with Crippen molar-refractivity contribution >= 4 is 16.6 Å². The minimum Gasteiger partial charge on any atom is -0.493 e. The summed E-state index contributed by atoms with van der Waals surface area (Å²) in [7, 11) is 1.69. The van der Waals surface area contributed by atoms with Crippen molar-refractivity contribution in [3.63, 3.8) is 0 Å². The normalized spacial score (nSPS) is 17.1. The quantitative estimate of drug-likeness (QED) is 0.385. The van der Waals surface area contributed by atoms with Crippen molar-refractivity contribution in [1.82, 2.24) is 9.55 Å². The van der Waals surface area contributed by atoms with E-state index in [0.717, 1.165) is 63.3 Å². The Hall–Kier alpha value is -3.93. The number of aromatic nitrogens is 2. The molecule has 0 spiro atoms. The van der Waals surface area contributed by atoms with Gasteiger partial charge in [0.1, 0.15) is 5.60 Å². The second kappa shape index (κ2) is 8.30. The molecule has 2 aliphatic rings. The Morgan fingerprint density at radius 3 is 2.65 bits per heavy atom. The molecular weight excluding hydrogens is 462 g/mol. The summed E-state index contributed by atoms with van der Waals surface area (Å²) in [6.45, 7) is 8.87. The van der Waals surface area contributed by atoms with Gasteiger partial charge in [0.05, 0.1) is 36.1 Å². The van der Waals surface area contributed by atoms with Crippen molar-refractivity contribution < 1.29 is 9.47 Å². The lowest BCUT2D eigenvalue weighted by Crippen LogP contribution is -2.31. The van der Waals surface area contributed by atoms with E-state index in [1.807, 2.05) is 42.6 Å². The molecule has 37 heavy (non-hydrogen) atoms. The van der Waals surface area contributed by atoms with Crippen molar-refractivity contribution in [2.24, 2.45) is 4.99 Å². The summed E-state index contributed by atoms with van der Waals surface area (Å²) in [6.07, 6.45) is 3.49. The van der Waals surface area contributed by atoms with E-state index in [9.17, 15) is 4.79 Å². The number of para-hydroxylation sites is 1. The molecule has 0 bridgehead atoms. The molecule has 6 rings (SSSR count). The largest absolute Gasteiger partial charge is 0.493 e. The molecular formula is C31H31N3O3. The number of methoxy groups -OCH3 is 1. The highest BCUT2D eigenvalue weighted by molar-refractivity contribution is 6.16. The summed E-state index contributed by atoms with van der Waals surface area (Å²) >= 11 is 0. The van der Waals surface area contributed by atoms with Gasteiger partial charge in [0.25, 0.3) is 5.56 Å². The zero-order valence-corrected chi connectivity index (χ0v) is 22.0. The molecule has 0 fully saturated rings. The molecule has 2 aliphatic heterocycles. The fraction of sp³-hybridized carbons (Fsp3) is 0.323. The van der Waals surface area contributed by atoms with E-state index in [-0.39, 0.29) is 16.7 Å².